The van der Waals surface area contributed by atoms with Gasteiger partial charge in [-0.15, -0.1) is 0 Å². The fourth-order valence-corrected chi connectivity index (χ4v) is 3.75. The summed E-state index contributed by atoms with van der Waals surface area (Å²) in [5.41, 5.74) is 0.0675. The van der Waals surface area contributed by atoms with Gasteiger partial charge in [-0.1, -0.05) is 6.07 Å². The molecule has 0 aromatic heterocycles. The van der Waals surface area contributed by atoms with Crippen LogP contribution in [-0.4, -0.2) is 76.4 Å². The topological polar surface area (TPSA) is 52.1 Å². The first-order valence-corrected chi connectivity index (χ1v) is 10.1. The molecule has 1 aromatic rings. The lowest BCUT2D eigenvalue weighted by Gasteiger charge is -2.26. The normalized spacial score (nSPS) is 21.2. The van der Waals surface area contributed by atoms with E-state index in [1.54, 1.807) is 11.9 Å². The molecule has 2 saturated heterocycles. The number of anilines is 1. The fraction of sp³-hybridized carbons (Fsp3) is 0.650. The average Bonchev–Trinajstić information content (AvgIpc) is 3.15. The fourth-order valence-electron chi connectivity index (χ4n) is 3.75. The first-order chi connectivity index (χ1) is 13.7. The van der Waals surface area contributed by atoms with Gasteiger partial charge in [-0.25, -0.2) is 8.78 Å². The van der Waals surface area contributed by atoms with Gasteiger partial charge in [0.05, 0.1) is 13.2 Å². The number of hydrogen-bond donors (Lipinski definition) is 2. The summed E-state index contributed by atoms with van der Waals surface area (Å²) >= 11 is 0. The van der Waals surface area contributed by atoms with Crippen molar-refractivity contribution in [2.45, 2.75) is 25.3 Å². The van der Waals surface area contributed by atoms with Gasteiger partial charge in [0.1, 0.15) is 17.3 Å². The summed E-state index contributed by atoms with van der Waals surface area (Å²) in [4.78, 5) is 8.47. The van der Waals surface area contributed by atoms with Crippen LogP contribution in [0.4, 0.5) is 14.5 Å². The smallest absolute Gasteiger partial charge is 0.191 e. The Labute approximate surface area is 165 Å². The monoisotopic (exact) mass is 395 g/mol. The summed E-state index contributed by atoms with van der Waals surface area (Å²) in [6.45, 7) is 6.84. The van der Waals surface area contributed by atoms with Crippen molar-refractivity contribution < 1.29 is 13.5 Å². The van der Waals surface area contributed by atoms with Crippen molar-refractivity contribution in [3.63, 3.8) is 0 Å². The Kier molecular flexibility index (Phi) is 7.85. The molecular weight excluding hydrogens is 364 g/mol. The van der Waals surface area contributed by atoms with E-state index >= 15 is 0 Å². The molecule has 0 amide bonds. The van der Waals surface area contributed by atoms with Gasteiger partial charge in [-0.05, 0) is 37.9 Å². The van der Waals surface area contributed by atoms with Gasteiger partial charge >= 0.3 is 0 Å². The molecule has 2 N–H and O–H groups in total. The maximum Gasteiger partial charge on any atom is 0.191 e. The van der Waals surface area contributed by atoms with Crippen LogP contribution in [0.5, 0.6) is 0 Å². The molecule has 28 heavy (non-hydrogen) atoms. The van der Waals surface area contributed by atoms with E-state index in [0.29, 0.717) is 13.1 Å². The molecule has 1 aromatic carbocycles. The van der Waals surface area contributed by atoms with Crippen molar-refractivity contribution in [3.8, 4) is 0 Å². The van der Waals surface area contributed by atoms with Gasteiger partial charge in [0.25, 0.3) is 0 Å². The predicted octanol–water partition coefficient (Wildman–Crippen LogP) is 1.82. The predicted molar refractivity (Wildman–Crippen MR) is 108 cm³/mol. The highest BCUT2D eigenvalue weighted by Crippen LogP contribution is 2.26. The third kappa shape index (κ3) is 5.78. The lowest BCUT2D eigenvalue weighted by Crippen LogP contribution is -2.45. The first kappa shape index (κ1) is 20.8. The molecule has 2 aliphatic rings. The van der Waals surface area contributed by atoms with Crippen molar-refractivity contribution in [1.82, 2.24) is 15.5 Å². The molecular formula is C20H31F2N5O. The number of ether oxygens (including phenoxy) is 1. The van der Waals surface area contributed by atoms with Crippen molar-refractivity contribution in [1.29, 1.82) is 0 Å². The number of guanidine groups is 1. The van der Waals surface area contributed by atoms with Gasteiger partial charge < -0.3 is 20.3 Å². The van der Waals surface area contributed by atoms with Crippen LogP contribution in [0.2, 0.25) is 0 Å². The Morgan fingerprint density at radius 1 is 1.18 bits per heavy atom. The van der Waals surface area contributed by atoms with Crippen LogP contribution in [0.25, 0.3) is 0 Å². The Morgan fingerprint density at radius 3 is 2.64 bits per heavy atom. The van der Waals surface area contributed by atoms with E-state index < -0.39 is 11.6 Å². The van der Waals surface area contributed by atoms with Gasteiger partial charge in [0, 0.05) is 45.8 Å². The summed E-state index contributed by atoms with van der Waals surface area (Å²) in [7, 11) is 1.74. The molecule has 0 saturated carbocycles. The molecule has 8 heteroatoms. The zero-order valence-electron chi connectivity index (χ0n) is 16.6. The number of hydrogen-bond acceptors (Lipinski definition) is 4. The molecule has 6 nitrogen and oxygen atoms in total. The number of nitrogens with one attached hydrogen (secondary N) is 2. The highest BCUT2D eigenvalue weighted by molar-refractivity contribution is 5.80. The first-order valence-electron chi connectivity index (χ1n) is 10.1. The number of benzene rings is 1. The maximum atomic E-state index is 14.0. The third-order valence-corrected chi connectivity index (χ3v) is 5.30. The Balaban J connectivity index is 1.37. The minimum Gasteiger partial charge on any atom is -0.379 e. The van der Waals surface area contributed by atoms with E-state index in [4.69, 9.17) is 4.74 Å². The van der Waals surface area contributed by atoms with Gasteiger partial charge in [0.15, 0.2) is 5.96 Å². The number of halogens is 2. The van der Waals surface area contributed by atoms with Crippen LogP contribution in [0, 0.1) is 11.6 Å². The average molecular weight is 395 g/mol. The van der Waals surface area contributed by atoms with Gasteiger partial charge in [-0.2, -0.15) is 0 Å². The number of unbranched alkanes of at least 4 members (excludes halogenated alkanes) is 1. The van der Waals surface area contributed by atoms with Gasteiger partial charge in [-0.3, -0.25) is 9.89 Å². The number of aliphatic imine (C=N–C) groups is 1. The highest BCUT2D eigenvalue weighted by atomic mass is 19.1. The lowest BCUT2D eigenvalue weighted by atomic mass is 10.2. The summed E-state index contributed by atoms with van der Waals surface area (Å²) < 4.78 is 33.3. The van der Waals surface area contributed by atoms with Crippen molar-refractivity contribution >= 4 is 11.6 Å². The van der Waals surface area contributed by atoms with Crippen LogP contribution in [0.15, 0.2) is 23.2 Å². The second-order valence-corrected chi connectivity index (χ2v) is 7.31. The molecule has 0 aliphatic carbocycles. The number of para-hydroxylation sites is 1. The van der Waals surface area contributed by atoms with Crippen molar-refractivity contribution in [3.05, 3.63) is 29.8 Å². The SMILES string of the molecule is CN=C(NCCCCN1CCOCC1)NC1CCN(c2c(F)cccc2F)C1. The summed E-state index contributed by atoms with van der Waals surface area (Å²) in [6, 6.07) is 4.11. The van der Waals surface area contributed by atoms with Crippen LogP contribution >= 0.6 is 0 Å². The molecule has 2 aliphatic heterocycles. The second kappa shape index (κ2) is 10.6. The van der Waals surface area contributed by atoms with E-state index in [1.807, 2.05) is 0 Å². The van der Waals surface area contributed by atoms with Crippen LogP contribution in [0.3, 0.4) is 0 Å². The summed E-state index contributed by atoms with van der Waals surface area (Å²) in [5.74, 6) is -0.279. The number of rotatable bonds is 7. The highest BCUT2D eigenvalue weighted by Gasteiger charge is 2.27. The molecule has 3 rings (SSSR count). The molecule has 156 valence electrons. The Bertz CT molecular complexity index is 631. The summed E-state index contributed by atoms with van der Waals surface area (Å²) in [5, 5.41) is 6.71. The summed E-state index contributed by atoms with van der Waals surface area (Å²) in [6.07, 6.45) is 3.01. The second-order valence-electron chi connectivity index (χ2n) is 7.31. The lowest BCUT2D eigenvalue weighted by molar-refractivity contribution is 0.0372. The number of morpholine rings is 1. The van der Waals surface area contributed by atoms with Gasteiger partial charge in [0.2, 0.25) is 0 Å². The molecule has 2 heterocycles. The van der Waals surface area contributed by atoms with Crippen molar-refractivity contribution in [2.75, 3.05) is 64.4 Å². The van der Waals surface area contributed by atoms with Crippen LogP contribution < -0.4 is 15.5 Å². The molecule has 1 unspecified atom stereocenters. The standard InChI is InChI=1S/C20H31F2N5O/c1-23-20(24-8-2-3-9-26-11-13-28-14-12-26)25-16-7-10-27(15-16)19-17(21)5-4-6-18(19)22/h4-6,16H,2-3,7-15H2,1H3,(H2,23,24,25). The molecule has 0 radical (unpaired) electrons. The van der Waals surface area contributed by atoms with E-state index in [2.05, 4.69) is 20.5 Å². The van der Waals surface area contributed by atoms with E-state index in [0.717, 1.165) is 64.6 Å². The minimum absolute atomic E-state index is 0.0675. The van der Waals surface area contributed by atoms with E-state index in [9.17, 15) is 8.78 Å². The molecule has 1 atom stereocenters. The van der Waals surface area contributed by atoms with Crippen LogP contribution in [-0.2, 0) is 4.74 Å². The quantitative estimate of drug-likeness (QED) is 0.419. The minimum atomic E-state index is -0.511. The van der Waals surface area contributed by atoms with Crippen LogP contribution in [0.1, 0.15) is 19.3 Å². The maximum absolute atomic E-state index is 14.0. The zero-order valence-corrected chi connectivity index (χ0v) is 16.6. The third-order valence-electron chi connectivity index (χ3n) is 5.30. The molecule has 2 fully saturated rings. The van der Waals surface area contributed by atoms with E-state index in [1.165, 1.54) is 18.2 Å². The number of nitrogens with zero attached hydrogens (tertiary/aromatic N) is 3. The largest absolute Gasteiger partial charge is 0.379 e. The molecule has 0 bridgehead atoms. The Hall–Kier alpha value is -1.93. The van der Waals surface area contributed by atoms with E-state index in [-0.39, 0.29) is 11.7 Å². The van der Waals surface area contributed by atoms with Crippen molar-refractivity contribution in [2.24, 2.45) is 4.99 Å². The Morgan fingerprint density at radius 2 is 1.93 bits per heavy atom. The zero-order chi connectivity index (χ0) is 19.8. The molecule has 0 spiro atoms.